The minimum atomic E-state index is -2.72. The van der Waals surface area contributed by atoms with E-state index in [2.05, 4.69) is 0 Å². The topological polar surface area (TPSA) is 156 Å². The fraction of sp³-hybridized carbons (Fsp3) is 0.167. The normalized spacial score (nSPS) is 16.7. The zero-order valence-corrected chi connectivity index (χ0v) is 10.9. The first-order valence-corrected chi connectivity index (χ1v) is 5.91. The summed E-state index contributed by atoms with van der Waals surface area (Å²) in [4.78, 5) is 55.9. The Hall–Kier alpha value is -3.14. The molecule has 1 aromatic carbocycles. The SMILES string of the molecule is O=C1NC(=O)C(O)(CC(=O)c2ccc([N+](=O)[O-])cc2)C(=O)N1. The van der Waals surface area contributed by atoms with Gasteiger partial charge >= 0.3 is 6.03 Å². The van der Waals surface area contributed by atoms with Gasteiger partial charge in [-0.2, -0.15) is 0 Å². The molecule has 0 atom stereocenters. The number of hydrogen-bond donors (Lipinski definition) is 3. The highest BCUT2D eigenvalue weighted by molar-refractivity contribution is 6.23. The van der Waals surface area contributed by atoms with Crippen LogP contribution in [0.1, 0.15) is 16.8 Å². The van der Waals surface area contributed by atoms with Crippen molar-refractivity contribution in [1.82, 2.24) is 10.6 Å². The largest absolute Gasteiger partial charge is 0.371 e. The number of barbiturate groups is 1. The summed E-state index contributed by atoms with van der Waals surface area (Å²) in [5.41, 5.74) is -2.99. The third-order valence-corrected chi connectivity index (χ3v) is 3.02. The molecular weight excluding hydrogens is 298 g/mol. The van der Waals surface area contributed by atoms with Gasteiger partial charge in [0.05, 0.1) is 11.3 Å². The number of non-ortho nitro benzene ring substituents is 1. The van der Waals surface area contributed by atoms with Gasteiger partial charge in [0, 0.05) is 17.7 Å². The van der Waals surface area contributed by atoms with Crippen LogP contribution in [0.3, 0.4) is 0 Å². The summed E-state index contributed by atoms with van der Waals surface area (Å²) in [6.45, 7) is 0. The average Bonchev–Trinajstić information content (AvgIpc) is 2.45. The fourth-order valence-corrected chi connectivity index (χ4v) is 1.81. The number of carbonyl (C=O) groups excluding carboxylic acids is 4. The van der Waals surface area contributed by atoms with Crippen molar-refractivity contribution in [3.63, 3.8) is 0 Å². The van der Waals surface area contributed by atoms with Gasteiger partial charge in [-0.15, -0.1) is 0 Å². The van der Waals surface area contributed by atoms with E-state index in [4.69, 9.17) is 0 Å². The van der Waals surface area contributed by atoms with Crippen LogP contribution in [0.15, 0.2) is 24.3 Å². The highest BCUT2D eigenvalue weighted by Gasteiger charge is 2.50. The van der Waals surface area contributed by atoms with Crippen LogP contribution in [-0.2, 0) is 9.59 Å². The lowest BCUT2D eigenvalue weighted by Gasteiger charge is -2.28. The second-order valence-electron chi connectivity index (χ2n) is 4.50. The predicted octanol–water partition coefficient (Wildman–Crippen LogP) is -0.735. The molecule has 10 heteroatoms. The summed E-state index contributed by atoms with van der Waals surface area (Å²) < 4.78 is 0. The molecule has 0 bridgehead atoms. The van der Waals surface area contributed by atoms with Crippen LogP contribution in [0.4, 0.5) is 10.5 Å². The molecule has 0 radical (unpaired) electrons. The van der Waals surface area contributed by atoms with Gasteiger partial charge in [0.15, 0.2) is 5.78 Å². The summed E-state index contributed by atoms with van der Waals surface area (Å²) >= 11 is 0. The molecule has 22 heavy (non-hydrogen) atoms. The van der Waals surface area contributed by atoms with Crippen molar-refractivity contribution in [2.45, 2.75) is 12.0 Å². The second-order valence-corrected chi connectivity index (χ2v) is 4.50. The molecule has 1 heterocycles. The molecule has 3 N–H and O–H groups in total. The van der Waals surface area contributed by atoms with E-state index in [1.165, 1.54) is 0 Å². The van der Waals surface area contributed by atoms with Crippen molar-refractivity contribution >= 4 is 29.3 Å². The Morgan fingerprint density at radius 2 is 1.64 bits per heavy atom. The van der Waals surface area contributed by atoms with Gasteiger partial charge < -0.3 is 5.11 Å². The van der Waals surface area contributed by atoms with Crippen molar-refractivity contribution < 1.29 is 29.2 Å². The summed E-state index contributed by atoms with van der Waals surface area (Å²) in [7, 11) is 0. The number of hydrogen-bond acceptors (Lipinski definition) is 7. The van der Waals surface area contributed by atoms with E-state index in [-0.39, 0.29) is 11.3 Å². The molecule has 1 saturated heterocycles. The van der Waals surface area contributed by atoms with E-state index in [9.17, 15) is 34.4 Å². The van der Waals surface area contributed by atoms with Gasteiger partial charge in [-0.1, -0.05) is 0 Å². The predicted molar refractivity (Wildman–Crippen MR) is 68.7 cm³/mol. The Bertz CT molecular complexity index is 675. The maximum atomic E-state index is 12.0. The first-order valence-electron chi connectivity index (χ1n) is 5.91. The van der Waals surface area contributed by atoms with Gasteiger partial charge in [0.1, 0.15) is 0 Å². The molecule has 10 nitrogen and oxygen atoms in total. The number of nitro groups is 1. The molecule has 114 valence electrons. The van der Waals surface area contributed by atoms with E-state index in [0.717, 1.165) is 24.3 Å². The van der Waals surface area contributed by atoms with Gasteiger partial charge in [-0.25, -0.2) is 4.79 Å². The molecule has 0 spiro atoms. The smallest absolute Gasteiger partial charge is 0.328 e. The number of rotatable bonds is 4. The number of urea groups is 1. The molecule has 1 aliphatic rings. The maximum absolute atomic E-state index is 12.0. The number of nitrogens with zero attached hydrogens (tertiary/aromatic N) is 1. The van der Waals surface area contributed by atoms with Gasteiger partial charge in [-0.05, 0) is 12.1 Å². The second kappa shape index (κ2) is 5.33. The Labute approximate surface area is 122 Å². The zero-order valence-electron chi connectivity index (χ0n) is 10.9. The average molecular weight is 307 g/mol. The summed E-state index contributed by atoms with van der Waals surface area (Å²) in [5.74, 6) is -3.41. The third kappa shape index (κ3) is 2.67. The number of imide groups is 2. The van der Waals surface area contributed by atoms with Crippen LogP contribution in [0, 0.1) is 10.1 Å². The van der Waals surface area contributed by atoms with E-state index < -0.39 is 40.6 Å². The number of nitro benzene ring substituents is 1. The molecule has 1 aromatic rings. The summed E-state index contributed by atoms with van der Waals surface area (Å²) in [5, 5.41) is 23.9. The first-order chi connectivity index (χ1) is 10.2. The third-order valence-electron chi connectivity index (χ3n) is 3.02. The minimum absolute atomic E-state index is 0.0310. The monoisotopic (exact) mass is 307 g/mol. The molecule has 0 aliphatic carbocycles. The number of carbonyl (C=O) groups is 4. The van der Waals surface area contributed by atoms with Crippen LogP contribution >= 0.6 is 0 Å². The number of ketones is 1. The summed E-state index contributed by atoms with van der Waals surface area (Å²) in [6, 6.07) is 3.31. The minimum Gasteiger partial charge on any atom is -0.371 e. The Morgan fingerprint density at radius 3 is 2.09 bits per heavy atom. The van der Waals surface area contributed by atoms with E-state index >= 15 is 0 Å². The molecule has 1 fully saturated rings. The Morgan fingerprint density at radius 1 is 1.14 bits per heavy atom. The zero-order chi connectivity index (χ0) is 16.5. The van der Waals surface area contributed by atoms with Crippen LogP contribution in [0.2, 0.25) is 0 Å². The van der Waals surface area contributed by atoms with Crippen molar-refractivity contribution in [2.24, 2.45) is 0 Å². The molecule has 4 amide bonds. The van der Waals surface area contributed by atoms with E-state index in [0.29, 0.717) is 0 Å². The molecule has 1 aliphatic heterocycles. The number of benzene rings is 1. The van der Waals surface area contributed by atoms with E-state index in [1.807, 2.05) is 0 Å². The standard InChI is InChI=1S/C12H9N3O7/c16-8(6-1-3-7(4-2-6)15(21)22)5-12(20)9(17)13-11(19)14-10(12)18/h1-4,20H,5H2,(H2,13,14,17,18,19). The van der Waals surface area contributed by atoms with Crippen molar-refractivity contribution in [3.05, 3.63) is 39.9 Å². The fourth-order valence-electron chi connectivity index (χ4n) is 1.81. The number of aliphatic hydroxyl groups is 1. The first kappa shape index (κ1) is 15.3. The van der Waals surface area contributed by atoms with Crippen LogP contribution in [-0.4, -0.2) is 39.3 Å². The Balaban J connectivity index is 2.20. The van der Waals surface area contributed by atoms with Crippen molar-refractivity contribution in [2.75, 3.05) is 0 Å². The molecule has 2 rings (SSSR count). The maximum Gasteiger partial charge on any atom is 0.328 e. The molecular formula is C12H9N3O7. The lowest BCUT2D eigenvalue weighted by atomic mass is 9.91. The van der Waals surface area contributed by atoms with Crippen molar-refractivity contribution in [3.8, 4) is 0 Å². The quantitative estimate of drug-likeness (QED) is 0.286. The van der Waals surface area contributed by atoms with E-state index in [1.54, 1.807) is 10.6 Å². The van der Waals surface area contributed by atoms with Gasteiger partial charge in [0.2, 0.25) is 5.60 Å². The van der Waals surface area contributed by atoms with Gasteiger partial charge in [-0.3, -0.25) is 35.1 Å². The molecule has 0 saturated carbocycles. The highest BCUT2D eigenvalue weighted by Crippen LogP contribution is 2.19. The lowest BCUT2D eigenvalue weighted by molar-refractivity contribution is -0.384. The lowest BCUT2D eigenvalue weighted by Crippen LogP contribution is -2.67. The Kier molecular flexibility index (Phi) is 3.70. The molecule has 0 unspecified atom stereocenters. The molecule has 0 aromatic heterocycles. The number of Topliss-reactive ketones (excluding diaryl/α,β-unsaturated/α-hetero) is 1. The van der Waals surface area contributed by atoms with Crippen LogP contribution in [0.25, 0.3) is 0 Å². The summed E-state index contributed by atoms with van der Waals surface area (Å²) in [6.07, 6.45) is -0.907. The van der Waals surface area contributed by atoms with Crippen molar-refractivity contribution in [1.29, 1.82) is 0 Å². The van der Waals surface area contributed by atoms with Gasteiger partial charge in [0.25, 0.3) is 17.5 Å². The highest BCUT2D eigenvalue weighted by atomic mass is 16.6. The number of amides is 4. The van der Waals surface area contributed by atoms with Crippen LogP contribution < -0.4 is 10.6 Å². The van der Waals surface area contributed by atoms with Crippen LogP contribution in [0.5, 0.6) is 0 Å². The number of nitrogens with one attached hydrogen (secondary N) is 2.